The highest BCUT2D eigenvalue weighted by atomic mass is 32.2. The van der Waals surface area contributed by atoms with E-state index >= 15 is 0 Å². The Morgan fingerprint density at radius 2 is 1.78 bits per heavy atom. The van der Waals surface area contributed by atoms with Crippen molar-refractivity contribution in [2.75, 3.05) is 6.54 Å². The molecule has 0 unspecified atom stereocenters. The zero-order chi connectivity index (χ0) is 23.7. The van der Waals surface area contributed by atoms with E-state index in [1.54, 1.807) is 13.8 Å². The summed E-state index contributed by atoms with van der Waals surface area (Å²) >= 11 is 1.31. The molecule has 2 rings (SSSR count). The summed E-state index contributed by atoms with van der Waals surface area (Å²) in [5, 5.41) is 26.1. The van der Waals surface area contributed by atoms with E-state index in [9.17, 15) is 24.3 Å². The van der Waals surface area contributed by atoms with Gasteiger partial charge in [-0.2, -0.15) is 0 Å². The molecule has 0 radical (unpaired) electrons. The van der Waals surface area contributed by atoms with Gasteiger partial charge in [-0.1, -0.05) is 36.8 Å². The number of aliphatic carboxylic acids is 2. The maximum absolute atomic E-state index is 12.9. The number of nitrogens with one attached hydrogen (secondary N) is 3. The lowest BCUT2D eigenvalue weighted by Crippen LogP contribution is -2.57. The Kier molecular flexibility index (Phi) is 9.52. The van der Waals surface area contributed by atoms with Crippen LogP contribution in [0.2, 0.25) is 0 Å². The van der Waals surface area contributed by atoms with Crippen LogP contribution in [0.3, 0.4) is 0 Å². The predicted molar refractivity (Wildman–Crippen MR) is 121 cm³/mol. The van der Waals surface area contributed by atoms with Crippen LogP contribution in [-0.2, 0) is 25.6 Å². The fraction of sp³-hybridized carbons (Fsp3) is 0.545. The lowest BCUT2D eigenvalue weighted by Gasteiger charge is -2.25. The number of thioether (sulfide) groups is 1. The Hall–Kier alpha value is -2.59. The van der Waals surface area contributed by atoms with Crippen LogP contribution in [0.15, 0.2) is 30.3 Å². The molecule has 10 heteroatoms. The van der Waals surface area contributed by atoms with E-state index in [0.717, 1.165) is 5.56 Å². The molecule has 1 aliphatic rings. The number of hydrogen-bond donors (Lipinski definition) is 5. The van der Waals surface area contributed by atoms with Crippen LogP contribution in [0.5, 0.6) is 0 Å². The smallest absolute Gasteiger partial charge is 0.322 e. The van der Waals surface area contributed by atoms with Crippen molar-refractivity contribution in [2.24, 2.45) is 0 Å². The zero-order valence-corrected chi connectivity index (χ0v) is 19.1. The predicted octanol–water partition coefficient (Wildman–Crippen LogP) is 1.37. The second kappa shape index (κ2) is 11.9. The number of unbranched alkanes of at least 4 members (excludes halogenated alkanes) is 2. The summed E-state index contributed by atoms with van der Waals surface area (Å²) in [5.74, 6) is -2.61. The van der Waals surface area contributed by atoms with Crippen LogP contribution < -0.4 is 16.0 Å². The fourth-order valence-electron chi connectivity index (χ4n) is 3.51. The van der Waals surface area contributed by atoms with Crippen molar-refractivity contribution in [1.82, 2.24) is 16.0 Å². The molecule has 2 amide bonds. The molecule has 1 fully saturated rings. The van der Waals surface area contributed by atoms with E-state index in [1.165, 1.54) is 11.8 Å². The van der Waals surface area contributed by atoms with Crippen molar-refractivity contribution in [2.45, 2.75) is 68.2 Å². The molecular formula is C22H31N3O6S. The number of carbonyl (C=O) groups excluding carboxylic acids is 2. The number of benzene rings is 1. The molecule has 0 saturated carbocycles. The van der Waals surface area contributed by atoms with Gasteiger partial charge in [-0.25, -0.2) is 0 Å². The molecule has 1 aliphatic heterocycles. The normalized spacial score (nSPS) is 20.3. The maximum atomic E-state index is 12.9. The molecule has 1 aromatic rings. The molecule has 3 atom stereocenters. The molecule has 176 valence electrons. The summed E-state index contributed by atoms with van der Waals surface area (Å²) in [6.07, 6.45) is 1.97. The first kappa shape index (κ1) is 25.7. The van der Waals surface area contributed by atoms with Crippen LogP contribution in [0.25, 0.3) is 0 Å². The third-order valence-corrected chi connectivity index (χ3v) is 6.69. The monoisotopic (exact) mass is 465 g/mol. The van der Waals surface area contributed by atoms with E-state index in [1.807, 2.05) is 30.3 Å². The number of carboxylic acids is 2. The Morgan fingerprint density at radius 3 is 2.38 bits per heavy atom. The Morgan fingerprint density at radius 1 is 1.09 bits per heavy atom. The van der Waals surface area contributed by atoms with Crippen molar-refractivity contribution >= 4 is 35.5 Å². The molecule has 1 saturated heterocycles. The lowest BCUT2D eigenvalue weighted by atomic mass is 10.0. The highest BCUT2D eigenvalue weighted by Crippen LogP contribution is 2.39. The average Bonchev–Trinajstić information content (AvgIpc) is 3.04. The number of carbonyl (C=O) groups is 4. The number of rotatable bonds is 12. The third-order valence-electron chi connectivity index (χ3n) is 5.18. The number of hydrogen-bond acceptors (Lipinski definition) is 6. The van der Waals surface area contributed by atoms with Gasteiger partial charge < -0.3 is 20.8 Å². The highest BCUT2D eigenvalue weighted by molar-refractivity contribution is 8.01. The van der Waals surface area contributed by atoms with Gasteiger partial charge in [0.25, 0.3) is 0 Å². The van der Waals surface area contributed by atoms with Crippen LogP contribution >= 0.6 is 11.8 Å². The van der Waals surface area contributed by atoms with Gasteiger partial charge in [0.2, 0.25) is 11.8 Å². The van der Waals surface area contributed by atoms with Gasteiger partial charge >= 0.3 is 11.9 Å². The summed E-state index contributed by atoms with van der Waals surface area (Å²) in [7, 11) is 0. The standard InChI is InChI=1S/C22H31N3O6S/c1-22(2)18(21(30)31)25-20(32-22)17(19(29)23-12-8-4-7-11-16(27)28)24-15(26)13-14-9-5-3-6-10-14/h3,5-6,9-10,17-18,20,25H,4,7-8,11-13H2,1-2H3,(H,23,29)(H,24,26)(H,27,28)(H,30,31)/t17-,18+,20-/m1/s1. The Balaban J connectivity index is 2.02. The van der Waals surface area contributed by atoms with Crippen molar-refractivity contribution in [3.05, 3.63) is 35.9 Å². The van der Waals surface area contributed by atoms with E-state index in [2.05, 4.69) is 16.0 Å². The quantitative estimate of drug-likeness (QED) is 0.291. The molecule has 32 heavy (non-hydrogen) atoms. The van der Waals surface area contributed by atoms with E-state index in [-0.39, 0.29) is 18.7 Å². The van der Waals surface area contributed by atoms with E-state index in [0.29, 0.717) is 25.8 Å². The average molecular weight is 466 g/mol. The second-order valence-corrected chi connectivity index (χ2v) is 10.1. The first-order valence-electron chi connectivity index (χ1n) is 10.6. The minimum atomic E-state index is -1.02. The first-order chi connectivity index (χ1) is 15.1. The van der Waals surface area contributed by atoms with Gasteiger partial charge in [0.05, 0.1) is 11.8 Å². The molecule has 0 bridgehead atoms. The minimum Gasteiger partial charge on any atom is -0.481 e. The molecular weight excluding hydrogens is 434 g/mol. The first-order valence-corrected chi connectivity index (χ1v) is 11.5. The fourth-order valence-corrected chi connectivity index (χ4v) is 5.00. The van der Waals surface area contributed by atoms with Gasteiger partial charge in [-0.05, 0) is 32.3 Å². The van der Waals surface area contributed by atoms with Gasteiger partial charge in [-0.15, -0.1) is 11.8 Å². The molecule has 9 nitrogen and oxygen atoms in total. The molecule has 0 spiro atoms. The summed E-state index contributed by atoms with van der Waals surface area (Å²) in [4.78, 5) is 47.8. The van der Waals surface area contributed by atoms with Crippen LogP contribution in [-0.4, -0.2) is 62.7 Å². The van der Waals surface area contributed by atoms with Gasteiger partial charge in [0, 0.05) is 17.7 Å². The molecule has 0 aromatic heterocycles. The molecule has 1 aromatic carbocycles. The number of carboxylic acid groups (broad SMARTS) is 2. The van der Waals surface area contributed by atoms with Crippen LogP contribution in [0.1, 0.15) is 45.1 Å². The highest BCUT2D eigenvalue weighted by Gasteiger charge is 2.49. The lowest BCUT2D eigenvalue weighted by molar-refractivity contribution is -0.140. The summed E-state index contributed by atoms with van der Waals surface area (Å²) in [5.41, 5.74) is 0.804. The number of amides is 2. The summed E-state index contributed by atoms with van der Waals surface area (Å²) in [6.45, 7) is 3.91. The Bertz CT molecular complexity index is 817. The summed E-state index contributed by atoms with van der Waals surface area (Å²) < 4.78 is -0.671. The Labute approximate surface area is 191 Å². The third kappa shape index (κ3) is 7.83. The molecule has 0 aliphatic carbocycles. The van der Waals surface area contributed by atoms with Crippen molar-refractivity contribution in [1.29, 1.82) is 0 Å². The van der Waals surface area contributed by atoms with Crippen molar-refractivity contribution in [3.8, 4) is 0 Å². The topological polar surface area (TPSA) is 145 Å². The largest absolute Gasteiger partial charge is 0.481 e. The van der Waals surface area contributed by atoms with Gasteiger partial charge in [-0.3, -0.25) is 24.5 Å². The molecule has 5 N–H and O–H groups in total. The SMILES string of the molecule is CC1(C)S[C@H]([C@H](NC(=O)Cc2ccccc2)C(=O)NCCCCCC(=O)O)N[C@H]1C(=O)O. The maximum Gasteiger partial charge on any atom is 0.322 e. The molecule has 1 heterocycles. The van der Waals surface area contributed by atoms with Crippen LogP contribution in [0.4, 0.5) is 0 Å². The minimum absolute atomic E-state index is 0.0837. The summed E-state index contributed by atoms with van der Waals surface area (Å²) in [6, 6.07) is 7.31. The zero-order valence-electron chi connectivity index (χ0n) is 18.3. The second-order valence-electron chi connectivity index (χ2n) is 8.28. The van der Waals surface area contributed by atoms with Crippen molar-refractivity contribution < 1.29 is 29.4 Å². The van der Waals surface area contributed by atoms with E-state index in [4.69, 9.17) is 5.11 Å². The van der Waals surface area contributed by atoms with E-state index < -0.39 is 40.1 Å². The van der Waals surface area contributed by atoms with Gasteiger partial charge in [0.15, 0.2) is 0 Å². The van der Waals surface area contributed by atoms with Gasteiger partial charge in [0.1, 0.15) is 12.1 Å². The van der Waals surface area contributed by atoms with Crippen LogP contribution in [0, 0.1) is 0 Å². The van der Waals surface area contributed by atoms with Crippen molar-refractivity contribution in [3.63, 3.8) is 0 Å².